The Hall–Kier alpha value is -2.84. The van der Waals surface area contributed by atoms with Crippen molar-refractivity contribution in [2.24, 2.45) is 23.5 Å². The zero-order chi connectivity index (χ0) is 32.6. The Balaban J connectivity index is 1.26. The van der Waals surface area contributed by atoms with Crippen LogP contribution in [0.25, 0.3) is 0 Å². The van der Waals surface area contributed by atoms with Crippen molar-refractivity contribution < 1.29 is 18.7 Å². The van der Waals surface area contributed by atoms with Gasteiger partial charge in [-0.1, -0.05) is 50.1 Å². The summed E-state index contributed by atoms with van der Waals surface area (Å²) in [5.74, 6) is 0.431. The molecule has 4 aliphatic rings. The van der Waals surface area contributed by atoms with Crippen molar-refractivity contribution >= 4 is 29.1 Å². The number of hydrogen-bond acceptors (Lipinski definition) is 5. The number of rotatable bonds is 8. The molecule has 7 nitrogen and oxygen atoms in total. The Labute approximate surface area is 278 Å². The predicted octanol–water partition coefficient (Wildman–Crippen LogP) is 6.39. The summed E-state index contributed by atoms with van der Waals surface area (Å²) >= 11 is 6.53. The molecule has 0 aromatic heterocycles. The fourth-order valence-electron chi connectivity index (χ4n) is 8.73. The first kappa shape index (κ1) is 33.1. The maximum absolute atomic E-state index is 17.7. The molecule has 1 saturated carbocycles. The van der Waals surface area contributed by atoms with Crippen molar-refractivity contribution in [1.29, 1.82) is 0 Å². The van der Waals surface area contributed by atoms with Gasteiger partial charge in [0.25, 0.3) is 5.91 Å². The number of hydrogen-bond donors (Lipinski definition) is 1. The topological polar surface area (TPSA) is 79.1 Å². The number of ether oxygens (including phenoxy) is 1. The number of alkyl halides is 1. The van der Waals surface area contributed by atoms with Gasteiger partial charge >= 0.3 is 0 Å². The lowest BCUT2D eigenvalue weighted by atomic mass is 9.85. The van der Waals surface area contributed by atoms with E-state index in [4.69, 9.17) is 22.1 Å². The van der Waals surface area contributed by atoms with E-state index >= 15 is 4.39 Å². The van der Waals surface area contributed by atoms with Crippen LogP contribution >= 0.6 is 11.6 Å². The molecule has 9 heteroatoms. The van der Waals surface area contributed by atoms with Gasteiger partial charge in [0.05, 0.1) is 7.11 Å². The van der Waals surface area contributed by atoms with Crippen molar-refractivity contribution in [2.75, 3.05) is 51.3 Å². The zero-order valence-corrected chi connectivity index (χ0v) is 28.4. The van der Waals surface area contributed by atoms with Gasteiger partial charge in [0, 0.05) is 73.8 Å². The quantitative estimate of drug-likeness (QED) is 0.358. The van der Waals surface area contributed by atoms with E-state index in [2.05, 4.69) is 29.7 Å². The Bertz CT molecular complexity index is 1390. The highest BCUT2D eigenvalue weighted by Gasteiger charge is 2.57. The molecule has 46 heavy (non-hydrogen) atoms. The number of piperidine rings is 1. The molecular formula is C37H50ClFN4O3. The highest BCUT2D eigenvalue weighted by atomic mass is 35.5. The number of halogens is 2. The van der Waals surface area contributed by atoms with E-state index in [-0.39, 0.29) is 36.1 Å². The molecule has 2 N–H and O–H groups in total. The number of likely N-dealkylation sites (tertiary alicyclic amines) is 2. The lowest BCUT2D eigenvalue weighted by Gasteiger charge is -2.35. The molecule has 0 spiro atoms. The van der Waals surface area contributed by atoms with E-state index < -0.39 is 11.6 Å². The minimum atomic E-state index is -2.01. The number of nitrogens with two attached hydrogens (primary N) is 1. The van der Waals surface area contributed by atoms with E-state index in [0.717, 1.165) is 67.8 Å². The summed E-state index contributed by atoms with van der Waals surface area (Å²) in [6.45, 7) is 7.60. The first-order valence-corrected chi connectivity index (χ1v) is 17.7. The molecule has 4 fully saturated rings. The molecule has 0 bridgehead atoms. The molecule has 3 saturated heterocycles. The number of amides is 2. The average Bonchev–Trinajstić information content (AvgIpc) is 3.67. The zero-order valence-electron chi connectivity index (χ0n) is 27.6. The van der Waals surface area contributed by atoms with Crippen molar-refractivity contribution in [1.82, 2.24) is 9.80 Å². The van der Waals surface area contributed by atoms with Crippen molar-refractivity contribution in [3.63, 3.8) is 0 Å². The molecular weight excluding hydrogens is 603 g/mol. The third-order valence-electron chi connectivity index (χ3n) is 11.7. The minimum Gasteiger partial charge on any atom is -0.497 e. The Kier molecular flexibility index (Phi) is 9.86. The summed E-state index contributed by atoms with van der Waals surface area (Å²) < 4.78 is 23.1. The van der Waals surface area contributed by atoms with E-state index in [1.807, 2.05) is 41.3 Å². The second-order valence-corrected chi connectivity index (χ2v) is 14.8. The number of methoxy groups -OCH3 is 1. The number of carbonyl (C=O) groups excluding carboxylic acids is 2. The van der Waals surface area contributed by atoms with Gasteiger partial charge in [-0.05, 0) is 85.8 Å². The van der Waals surface area contributed by atoms with Gasteiger partial charge in [-0.2, -0.15) is 0 Å². The summed E-state index contributed by atoms with van der Waals surface area (Å²) in [5.41, 5.74) is 6.65. The van der Waals surface area contributed by atoms with Gasteiger partial charge in [-0.25, -0.2) is 4.39 Å². The molecule has 4 atom stereocenters. The SMILES string of the molecule is CC[C@H]1CN(C(=O)[C@]2(F)CN(C3CCC(C)CC3)C[C@H]2c2ccc(OC)cc2)C[C@@H]1c1ccc(Cl)cc1N1CCC(C(N)=O)CC1. The lowest BCUT2D eigenvalue weighted by molar-refractivity contribution is -0.143. The van der Waals surface area contributed by atoms with Crippen molar-refractivity contribution in [2.45, 2.75) is 82.3 Å². The number of nitrogens with zero attached hydrogens (tertiary/aromatic N) is 3. The van der Waals surface area contributed by atoms with Gasteiger partial charge in [0.1, 0.15) is 5.75 Å². The first-order valence-electron chi connectivity index (χ1n) is 17.3. The second kappa shape index (κ2) is 13.7. The molecule has 2 amide bonds. The Morgan fingerprint density at radius 1 is 1.00 bits per heavy atom. The van der Waals surface area contributed by atoms with Crippen LogP contribution in [-0.4, -0.2) is 79.7 Å². The normalized spacial score (nSPS) is 30.9. The van der Waals surface area contributed by atoms with Crippen LogP contribution < -0.4 is 15.4 Å². The minimum absolute atomic E-state index is 0.0652. The maximum atomic E-state index is 17.7. The van der Waals surface area contributed by atoms with Crippen LogP contribution in [0.4, 0.5) is 10.1 Å². The Morgan fingerprint density at radius 3 is 2.33 bits per heavy atom. The summed E-state index contributed by atoms with van der Waals surface area (Å²) in [5, 5.41) is 0.656. The summed E-state index contributed by atoms with van der Waals surface area (Å²) in [6.07, 6.45) is 6.71. The number of carbonyl (C=O) groups is 2. The fourth-order valence-corrected chi connectivity index (χ4v) is 8.90. The summed E-state index contributed by atoms with van der Waals surface area (Å²) in [7, 11) is 1.63. The average molecular weight is 653 g/mol. The van der Waals surface area contributed by atoms with Crippen molar-refractivity contribution in [3.8, 4) is 5.75 Å². The van der Waals surface area contributed by atoms with Gasteiger partial charge < -0.3 is 20.3 Å². The maximum Gasteiger partial charge on any atom is 0.262 e. The van der Waals surface area contributed by atoms with Crippen LogP contribution in [0.3, 0.4) is 0 Å². The van der Waals surface area contributed by atoms with Crippen LogP contribution in [0.5, 0.6) is 5.75 Å². The molecule has 2 aromatic rings. The third-order valence-corrected chi connectivity index (χ3v) is 11.9. The molecule has 6 rings (SSSR count). The van der Waals surface area contributed by atoms with E-state index in [1.54, 1.807) is 7.11 Å². The molecule has 3 heterocycles. The van der Waals surface area contributed by atoms with Crippen LogP contribution in [-0.2, 0) is 9.59 Å². The molecule has 250 valence electrons. The Morgan fingerprint density at radius 2 is 1.70 bits per heavy atom. The van der Waals surface area contributed by atoms with Crippen LogP contribution in [0.15, 0.2) is 42.5 Å². The number of benzene rings is 2. The van der Waals surface area contributed by atoms with Crippen LogP contribution in [0.2, 0.25) is 5.02 Å². The molecule has 0 unspecified atom stereocenters. The van der Waals surface area contributed by atoms with Gasteiger partial charge in [0.2, 0.25) is 11.6 Å². The van der Waals surface area contributed by atoms with Gasteiger partial charge in [-0.15, -0.1) is 0 Å². The van der Waals surface area contributed by atoms with Gasteiger partial charge in [0.15, 0.2) is 0 Å². The standard InChI is InChI=1S/C37H50ClFN4O3/c1-4-25-20-42(21-32(25)31-14-9-28(38)19-34(31)41-17-15-27(16-18-41)35(40)44)36(45)37(39)23-43(29-10-5-24(2)6-11-29)22-33(37)26-7-12-30(46-3)13-8-26/h7-9,12-14,19,24-25,27,29,32-33H,4-6,10-11,15-18,20-23H2,1-3H3,(H2,40,44)/t24?,25-,29?,32-,33-,37-/m0/s1. The smallest absolute Gasteiger partial charge is 0.262 e. The summed E-state index contributed by atoms with van der Waals surface area (Å²) in [6, 6.07) is 13.9. The highest BCUT2D eigenvalue weighted by Crippen LogP contribution is 2.47. The van der Waals surface area contributed by atoms with Crippen LogP contribution in [0.1, 0.15) is 81.8 Å². The third kappa shape index (κ3) is 6.49. The van der Waals surface area contributed by atoms with E-state index in [1.165, 1.54) is 0 Å². The second-order valence-electron chi connectivity index (χ2n) is 14.4. The van der Waals surface area contributed by atoms with Crippen molar-refractivity contribution in [3.05, 3.63) is 58.6 Å². The van der Waals surface area contributed by atoms with Gasteiger partial charge in [-0.3, -0.25) is 14.5 Å². The lowest BCUT2D eigenvalue weighted by Crippen LogP contribution is -2.50. The highest BCUT2D eigenvalue weighted by molar-refractivity contribution is 6.30. The molecule has 1 aliphatic carbocycles. The monoisotopic (exact) mass is 652 g/mol. The van der Waals surface area contributed by atoms with E-state index in [0.29, 0.717) is 49.5 Å². The molecule has 2 aromatic carbocycles. The molecule has 0 radical (unpaired) electrons. The summed E-state index contributed by atoms with van der Waals surface area (Å²) in [4.78, 5) is 32.8. The largest absolute Gasteiger partial charge is 0.497 e. The number of anilines is 1. The predicted molar refractivity (Wildman–Crippen MR) is 181 cm³/mol. The first-order chi connectivity index (χ1) is 22.1. The number of primary amides is 1. The fraction of sp³-hybridized carbons (Fsp3) is 0.622. The van der Waals surface area contributed by atoms with E-state index in [9.17, 15) is 9.59 Å². The van der Waals surface area contributed by atoms with Crippen LogP contribution in [0, 0.1) is 17.8 Å². The molecule has 3 aliphatic heterocycles.